The van der Waals surface area contributed by atoms with Gasteiger partial charge in [-0.15, -0.1) is 21.8 Å². The van der Waals surface area contributed by atoms with Crippen molar-refractivity contribution in [2.24, 2.45) is 0 Å². The fourth-order valence-electron chi connectivity index (χ4n) is 1.22. The van der Waals surface area contributed by atoms with E-state index in [9.17, 15) is 0 Å². The molecule has 0 aliphatic rings. The van der Waals surface area contributed by atoms with Crippen LogP contribution in [0.5, 0.6) is 0 Å². The Labute approximate surface area is 111 Å². The van der Waals surface area contributed by atoms with Gasteiger partial charge >= 0.3 is 0 Å². The normalized spacial score (nSPS) is 10.6. The molecule has 0 fully saturated rings. The van der Waals surface area contributed by atoms with Crippen LogP contribution in [0.2, 0.25) is 5.02 Å². The molecule has 78 valence electrons. The van der Waals surface area contributed by atoms with Crippen molar-refractivity contribution in [3.63, 3.8) is 0 Å². The smallest absolute Gasteiger partial charge is 0.152 e. The molecule has 0 radical (unpaired) electrons. The van der Waals surface area contributed by atoms with Gasteiger partial charge in [-0.1, -0.05) is 11.6 Å². The first-order valence-electron chi connectivity index (χ1n) is 4.12. The fraction of sp³-hybridized carbons (Fsp3) is 0.111. The highest BCUT2D eigenvalue weighted by Crippen LogP contribution is 2.22. The van der Waals surface area contributed by atoms with E-state index in [0.29, 0.717) is 16.7 Å². The molecule has 0 saturated carbocycles. The molecule has 0 spiro atoms. The van der Waals surface area contributed by atoms with Gasteiger partial charge in [0.2, 0.25) is 0 Å². The van der Waals surface area contributed by atoms with Crippen LogP contribution in [0.1, 0.15) is 5.82 Å². The maximum Gasteiger partial charge on any atom is 0.152 e. The van der Waals surface area contributed by atoms with Crippen LogP contribution in [-0.2, 0) is 5.88 Å². The van der Waals surface area contributed by atoms with E-state index in [1.165, 1.54) is 0 Å². The molecule has 0 bridgehead atoms. The number of rotatable bonds is 2. The van der Waals surface area contributed by atoms with Crippen molar-refractivity contribution in [1.82, 2.24) is 14.8 Å². The minimum atomic E-state index is 0.322. The number of halogens is 3. The van der Waals surface area contributed by atoms with Crippen molar-refractivity contribution in [2.45, 2.75) is 5.88 Å². The van der Waals surface area contributed by atoms with Crippen LogP contribution in [0, 0.1) is 3.57 Å². The van der Waals surface area contributed by atoms with Crippen LogP contribution in [0.4, 0.5) is 0 Å². The molecule has 0 N–H and O–H groups in total. The zero-order valence-electron chi connectivity index (χ0n) is 7.49. The highest BCUT2D eigenvalue weighted by atomic mass is 127. The molecule has 2 aromatic rings. The second kappa shape index (κ2) is 4.67. The second-order valence-corrected chi connectivity index (χ2v) is 4.71. The third-order valence-electron chi connectivity index (χ3n) is 1.91. The van der Waals surface area contributed by atoms with E-state index in [0.717, 1.165) is 9.26 Å². The molecule has 1 aromatic heterocycles. The van der Waals surface area contributed by atoms with Crippen LogP contribution in [0.3, 0.4) is 0 Å². The second-order valence-electron chi connectivity index (χ2n) is 2.85. The summed E-state index contributed by atoms with van der Waals surface area (Å²) in [5.41, 5.74) is 0.948. The number of nitrogens with zero attached hydrogens (tertiary/aromatic N) is 3. The summed E-state index contributed by atoms with van der Waals surface area (Å²) >= 11 is 13.9. The van der Waals surface area contributed by atoms with Gasteiger partial charge in [0, 0.05) is 8.59 Å². The van der Waals surface area contributed by atoms with E-state index in [1.807, 2.05) is 22.8 Å². The summed E-state index contributed by atoms with van der Waals surface area (Å²) in [5, 5.41) is 8.42. The first-order valence-corrected chi connectivity index (χ1v) is 6.12. The van der Waals surface area contributed by atoms with Crippen molar-refractivity contribution < 1.29 is 0 Å². The van der Waals surface area contributed by atoms with E-state index in [2.05, 4.69) is 32.8 Å². The van der Waals surface area contributed by atoms with Crippen LogP contribution in [-0.4, -0.2) is 14.8 Å². The largest absolute Gasteiger partial charge is 0.283 e. The molecule has 0 aliphatic carbocycles. The summed E-state index contributed by atoms with van der Waals surface area (Å²) in [4.78, 5) is 0. The predicted octanol–water partition coefficient (Wildman–Crippen LogP) is 3.26. The Hall–Kier alpha value is -0.330. The summed E-state index contributed by atoms with van der Waals surface area (Å²) in [6.45, 7) is 0. The summed E-state index contributed by atoms with van der Waals surface area (Å²) in [5.74, 6) is 1.03. The molecule has 2 rings (SSSR count). The topological polar surface area (TPSA) is 30.7 Å². The molecule has 0 atom stereocenters. The van der Waals surface area contributed by atoms with Gasteiger partial charge in [-0.3, -0.25) is 4.57 Å². The Balaban J connectivity index is 2.58. The Morgan fingerprint density at radius 1 is 1.40 bits per heavy atom. The van der Waals surface area contributed by atoms with Gasteiger partial charge < -0.3 is 0 Å². The Morgan fingerprint density at radius 3 is 2.93 bits per heavy atom. The van der Waals surface area contributed by atoms with Crippen molar-refractivity contribution in [3.05, 3.63) is 38.9 Å². The summed E-state index contributed by atoms with van der Waals surface area (Å²) in [6.07, 6.45) is 1.63. The Morgan fingerprint density at radius 2 is 2.20 bits per heavy atom. The summed E-state index contributed by atoms with van der Waals surface area (Å²) in [7, 11) is 0. The lowest BCUT2D eigenvalue weighted by Gasteiger charge is -2.07. The fourth-order valence-corrected chi connectivity index (χ4v) is 2.17. The molecule has 0 unspecified atom stereocenters. The van der Waals surface area contributed by atoms with E-state index in [1.54, 1.807) is 6.33 Å². The molecule has 1 heterocycles. The third-order valence-corrected chi connectivity index (χ3v) is 3.29. The van der Waals surface area contributed by atoms with E-state index < -0.39 is 0 Å². The van der Waals surface area contributed by atoms with Gasteiger partial charge in [0.15, 0.2) is 5.82 Å². The molecule has 0 amide bonds. The van der Waals surface area contributed by atoms with Crippen LogP contribution in [0.15, 0.2) is 24.5 Å². The Kier molecular flexibility index (Phi) is 3.48. The van der Waals surface area contributed by atoms with Gasteiger partial charge in [-0.05, 0) is 40.8 Å². The van der Waals surface area contributed by atoms with Crippen molar-refractivity contribution in [1.29, 1.82) is 0 Å². The molecular formula is C9H6Cl2IN3. The molecule has 15 heavy (non-hydrogen) atoms. The first kappa shape index (κ1) is 11.2. The zero-order valence-corrected chi connectivity index (χ0v) is 11.2. The van der Waals surface area contributed by atoms with Crippen LogP contribution >= 0.6 is 45.8 Å². The summed E-state index contributed by atoms with van der Waals surface area (Å²) in [6, 6.07) is 5.65. The van der Waals surface area contributed by atoms with Gasteiger partial charge in [0.05, 0.1) is 11.6 Å². The monoisotopic (exact) mass is 353 g/mol. The lowest BCUT2D eigenvalue weighted by molar-refractivity contribution is 0.947. The number of hydrogen-bond acceptors (Lipinski definition) is 2. The maximum absolute atomic E-state index is 5.94. The van der Waals surface area contributed by atoms with Gasteiger partial charge in [-0.2, -0.15) is 0 Å². The SMILES string of the molecule is ClCc1nncn1-c1cc(Cl)ccc1I. The number of benzene rings is 1. The van der Waals surface area contributed by atoms with Gasteiger partial charge in [0.25, 0.3) is 0 Å². The van der Waals surface area contributed by atoms with E-state index in [-0.39, 0.29) is 0 Å². The maximum atomic E-state index is 5.94. The van der Waals surface area contributed by atoms with E-state index in [4.69, 9.17) is 23.2 Å². The predicted molar refractivity (Wildman–Crippen MR) is 68.6 cm³/mol. The number of aromatic nitrogens is 3. The zero-order chi connectivity index (χ0) is 10.8. The third kappa shape index (κ3) is 2.26. The lowest BCUT2D eigenvalue weighted by atomic mass is 10.3. The standard InChI is InChI=1S/C9H6Cl2IN3/c10-4-9-14-13-5-15(9)8-3-6(11)1-2-7(8)12/h1-3,5H,4H2. The van der Waals surface area contributed by atoms with Gasteiger partial charge in [-0.25, -0.2) is 0 Å². The lowest BCUT2D eigenvalue weighted by Crippen LogP contribution is -2.00. The highest BCUT2D eigenvalue weighted by molar-refractivity contribution is 14.1. The van der Waals surface area contributed by atoms with Crippen molar-refractivity contribution >= 4 is 45.8 Å². The van der Waals surface area contributed by atoms with Gasteiger partial charge in [0.1, 0.15) is 6.33 Å². The van der Waals surface area contributed by atoms with Crippen molar-refractivity contribution in [2.75, 3.05) is 0 Å². The average molecular weight is 354 g/mol. The average Bonchev–Trinajstić information content (AvgIpc) is 2.69. The van der Waals surface area contributed by atoms with E-state index >= 15 is 0 Å². The minimum Gasteiger partial charge on any atom is -0.283 e. The first-order chi connectivity index (χ1) is 7.22. The summed E-state index contributed by atoms with van der Waals surface area (Å²) < 4.78 is 2.91. The minimum absolute atomic E-state index is 0.322. The molecule has 1 aromatic carbocycles. The molecular weight excluding hydrogens is 348 g/mol. The molecule has 0 aliphatic heterocycles. The quantitative estimate of drug-likeness (QED) is 0.612. The molecule has 0 saturated heterocycles. The Bertz CT molecular complexity index is 484. The van der Waals surface area contributed by atoms with Crippen LogP contribution in [0.25, 0.3) is 5.69 Å². The number of alkyl halides is 1. The highest BCUT2D eigenvalue weighted by Gasteiger charge is 2.08. The number of hydrogen-bond donors (Lipinski definition) is 0. The van der Waals surface area contributed by atoms with Crippen molar-refractivity contribution in [3.8, 4) is 5.69 Å². The molecule has 6 heteroatoms. The molecule has 3 nitrogen and oxygen atoms in total. The van der Waals surface area contributed by atoms with Crippen LogP contribution < -0.4 is 0 Å².